The van der Waals surface area contributed by atoms with Gasteiger partial charge in [-0.2, -0.15) is 5.26 Å². The van der Waals surface area contributed by atoms with E-state index >= 15 is 0 Å². The van der Waals surface area contributed by atoms with Crippen molar-refractivity contribution in [3.8, 4) is 17.6 Å². The van der Waals surface area contributed by atoms with Gasteiger partial charge in [0, 0.05) is 30.9 Å². The quantitative estimate of drug-likeness (QED) is 0.613. The third-order valence-corrected chi connectivity index (χ3v) is 3.57. The molecular weight excluding hydrogens is 335 g/mol. The molecule has 0 aliphatic carbocycles. The van der Waals surface area contributed by atoms with E-state index in [1.807, 2.05) is 19.1 Å². The predicted molar refractivity (Wildman–Crippen MR) is 99.1 cm³/mol. The smallest absolute Gasteiger partial charge is 0.195 e. The largest absolute Gasteiger partial charge is 0.493 e. The van der Waals surface area contributed by atoms with Gasteiger partial charge in [-0.05, 0) is 37.3 Å². The Labute approximate surface area is 152 Å². The SMILES string of the molecule is CCOc1ccc(NC(=NC)NCc2cc(C#N)ccc2F)cc1OC. The van der Waals surface area contributed by atoms with Gasteiger partial charge < -0.3 is 20.1 Å². The Morgan fingerprint density at radius 3 is 2.69 bits per heavy atom. The maximum Gasteiger partial charge on any atom is 0.195 e. The molecule has 0 amide bonds. The zero-order chi connectivity index (χ0) is 18.9. The van der Waals surface area contributed by atoms with Gasteiger partial charge in [0.25, 0.3) is 0 Å². The van der Waals surface area contributed by atoms with E-state index in [1.165, 1.54) is 18.2 Å². The van der Waals surface area contributed by atoms with Crippen molar-refractivity contribution in [1.82, 2.24) is 5.32 Å². The summed E-state index contributed by atoms with van der Waals surface area (Å²) < 4.78 is 24.7. The Balaban J connectivity index is 2.07. The fourth-order valence-electron chi connectivity index (χ4n) is 2.29. The molecule has 2 rings (SSSR count). The zero-order valence-electron chi connectivity index (χ0n) is 15.0. The summed E-state index contributed by atoms with van der Waals surface area (Å²) in [6.45, 7) is 2.63. The summed E-state index contributed by atoms with van der Waals surface area (Å²) in [4.78, 5) is 4.12. The highest BCUT2D eigenvalue weighted by Gasteiger charge is 2.08. The number of nitrogens with one attached hydrogen (secondary N) is 2. The highest BCUT2D eigenvalue weighted by Crippen LogP contribution is 2.30. The van der Waals surface area contributed by atoms with E-state index < -0.39 is 0 Å². The molecule has 0 fully saturated rings. The summed E-state index contributed by atoms with van der Waals surface area (Å²) in [5.41, 5.74) is 1.53. The topological polar surface area (TPSA) is 78.7 Å². The fourth-order valence-corrected chi connectivity index (χ4v) is 2.29. The second-order valence-electron chi connectivity index (χ2n) is 5.27. The molecule has 2 aromatic carbocycles. The minimum Gasteiger partial charge on any atom is -0.493 e. The van der Waals surface area contributed by atoms with E-state index in [0.29, 0.717) is 35.2 Å². The number of halogens is 1. The highest BCUT2D eigenvalue weighted by molar-refractivity contribution is 5.93. The summed E-state index contributed by atoms with van der Waals surface area (Å²) in [6.07, 6.45) is 0. The third kappa shape index (κ3) is 4.86. The minimum absolute atomic E-state index is 0.190. The molecule has 0 heterocycles. The molecule has 0 aromatic heterocycles. The molecule has 0 atom stereocenters. The van der Waals surface area contributed by atoms with Gasteiger partial charge in [-0.15, -0.1) is 0 Å². The number of guanidine groups is 1. The number of nitrogens with zero attached hydrogens (tertiary/aromatic N) is 2. The molecule has 0 radical (unpaired) electrons. The first-order valence-corrected chi connectivity index (χ1v) is 8.08. The van der Waals surface area contributed by atoms with Crippen LogP contribution in [-0.2, 0) is 6.54 Å². The molecule has 0 unspecified atom stereocenters. The lowest BCUT2D eigenvalue weighted by Crippen LogP contribution is -2.30. The van der Waals surface area contributed by atoms with Crippen LogP contribution in [0.1, 0.15) is 18.1 Å². The number of nitriles is 1. The van der Waals surface area contributed by atoms with Gasteiger partial charge >= 0.3 is 0 Å². The van der Waals surface area contributed by atoms with E-state index in [0.717, 1.165) is 5.69 Å². The highest BCUT2D eigenvalue weighted by atomic mass is 19.1. The van der Waals surface area contributed by atoms with Crippen LogP contribution >= 0.6 is 0 Å². The van der Waals surface area contributed by atoms with Crippen LogP contribution in [0.4, 0.5) is 10.1 Å². The van der Waals surface area contributed by atoms with Crippen LogP contribution < -0.4 is 20.1 Å². The predicted octanol–water partition coefficient (Wildman–Crippen LogP) is 3.29. The van der Waals surface area contributed by atoms with Gasteiger partial charge in [0.1, 0.15) is 5.82 Å². The van der Waals surface area contributed by atoms with E-state index in [2.05, 4.69) is 15.6 Å². The number of rotatable bonds is 6. The van der Waals surface area contributed by atoms with Crippen LogP contribution in [0.15, 0.2) is 41.4 Å². The Kier molecular flexibility index (Phi) is 6.80. The van der Waals surface area contributed by atoms with Crippen molar-refractivity contribution in [1.29, 1.82) is 5.26 Å². The second-order valence-corrected chi connectivity index (χ2v) is 5.27. The van der Waals surface area contributed by atoms with Crippen LogP contribution in [0.3, 0.4) is 0 Å². The monoisotopic (exact) mass is 356 g/mol. The number of methoxy groups -OCH3 is 1. The maximum atomic E-state index is 13.9. The van der Waals surface area contributed by atoms with Crippen molar-refractivity contribution >= 4 is 11.6 Å². The third-order valence-electron chi connectivity index (χ3n) is 3.57. The van der Waals surface area contributed by atoms with E-state index in [9.17, 15) is 4.39 Å². The van der Waals surface area contributed by atoms with E-state index in [4.69, 9.17) is 14.7 Å². The fraction of sp³-hybridized carbons (Fsp3) is 0.263. The van der Waals surface area contributed by atoms with Crippen LogP contribution in [0.25, 0.3) is 0 Å². The molecule has 26 heavy (non-hydrogen) atoms. The maximum absolute atomic E-state index is 13.9. The molecule has 2 aromatic rings. The molecule has 136 valence electrons. The summed E-state index contributed by atoms with van der Waals surface area (Å²) in [6, 6.07) is 11.6. The Bertz CT molecular complexity index is 831. The lowest BCUT2D eigenvalue weighted by molar-refractivity contribution is 0.311. The number of anilines is 1. The molecule has 7 heteroatoms. The molecule has 0 spiro atoms. The van der Waals surface area contributed by atoms with Crippen molar-refractivity contribution < 1.29 is 13.9 Å². The number of hydrogen-bond acceptors (Lipinski definition) is 4. The Morgan fingerprint density at radius 1 is 1.23 bits per heavy atom. The van der Waals surface area contributed by atoms with Crippen molar-refractivity contribution in [2.45, 2.75) is 13.5 Å². The standard InChI is InChI=1S/C19H21FN4O2/c1-4-26-17-8-6-15(10-18(17)25-3)24-19(22-2)23-12-14-9-13(11-21)5-7-16(14)20/h5-10H,4,12H2,1-3H3,(H2,22,23,24). The van der Waals surface area contributed by atoms with Gasteiger partial charge in [-0.3, -0.25) is 4.99 Å². The minimum atomic E-state index is -0.380. The average molecular weight is 356 g/mol. The van der Waals surface area contributed by atoms with Crippen LogP contribution in [0.2, 0.25) is 0 Å². The van der Waals surface area contributed by atoms with Crippen molar-refractivity contribution in [3.05, 3.63) is 53.3 Å². The number of ether oxygens (including phenoxy) is 2. The van der Waals surface area contributed by atoms with Crippen LogP contribution in [0.5, 0.6) is 11.5 Å². The normalized spacial score (nSPS) is 10.8. The van der Waals surface area contributed by atoms with Crippen molar-refractivity contribution in [2.24, 2.45) is 4.99 Å². The van der Waals surface area contributed by atoms with Gasteiger partial charge in [0.05, 0.1) is 25.3 Å². The Hall–Kier alpha value is -3.27. The van der Waals surface area contributed by atoms with Crippen molar-refractivity contribution in [3.63, 3.8) is 0 Å². The van der Waals surface area contributed by atoms with Gasteiger partial charge in [0.15, 0.2) is 17.5 Å². The Morgan fingerprint density at radius 2 is 2.04 bits per heavy atom. The van der Waals surface area contributed by atoms with Crippen molar-refractivity contribution in [2.75, 3.05) is 26.1 Å². The summed E-state index contributed by atoms with van der Waals surface area (Å²) in [5.74, 6) is 1.33. The first-order valence-electron chi connectivity index (χ1n) is 8.08. The number of aliphatic imine (C=N–C) groups is 1. The second kappa shape index (κ2) is 9.28. The number of hydrogen-bond donors (Lipinski definition) is 2. The first kappa shape index (κ1) is 19.1. The summed E-state index contributed by atoms with van der Waals surface area (Å²) in [7, 11) is 3.18. The molecule has 0 aliphatic rings. The number of benzene rings is 2. The van der Waals surface area contributed by atoms with Crippen LogP contribution in [-0.4, -0.2) is 26.7 Å². The lowest BCUT2D eigenvalue weighted by Gasteiger charge is -2.15. The molecule has 0 aliphatic heterocycles. The molecule has 0 saturated heterocycles. The summed E-state index contributed by atoms with van der Waals surface area (Å²) in [5, 5.41) is 15.1. The first-order chi connectivity index (χ1) is 12.6. The summed E-state index contributed by atoms with van der Waals surface area (Å²) >= 11 is 0. The average Bonchev–Trinajstić information content (AvgIpc) is 2.67. The van der Waals surface area contributed by atoms with Crippen LogP contribution in [0, 0.1) is 17.1 Å². The molecular formula is C19H21FN4O2. The molecule has 0 bridgehead atoms. The molecule has 2 N–H and O–H groups in total. The molecule has 0 saturated carbocycles. The van der Waals surface area contributed by atoms with E-state index in [-0.39, 0.29) is 12.4 Å². The van der Waals surface area contributed by atoms with Gasteiger partial charge in [-0.25, -0.2) is 4.39 Å². The molecule has 6 nitrogen and oxygen atoms in total. The van der Waals surface area contributed by atoms with E-state index in [1.54, 1.807) is 26.3 Å². The van der Waals surface area contributed by atoms with Gasteiger partial charge in [-0.1, -0.05) is 0 Å². The zero-order valence-corrected chi connectivity index (χ0v) is 15.0. The van der Waals surface area contributed by atoms with Gasteiger partial charge in [0.2, 0.25) is 0 Å². The lowest BCUT2D eigenvalue weighted by atomic mass is 10.1.